The van der Waals surface area contributed by atoms with Crippen molar-refractivity contribution in [3.05, 3.63) is 36.2 Å². The molecule has 0 fully saturated rings. The summed E-state index contributed by atoms with van der Waals surface area (Å²) in [6.45, 7) is 2.09. The highest BCUT2D eigenvalue weighted by molar-refractivity contribution is 9.09. The van der Waals surface area contributed by atoms with Crippen molar-refractivity contribution in [1.29, 1.82) is 0 Å². The normalized spacial score (nSPS) is 12.6. The molecular formula is C10H12BrO. The maximum Gasteiger partial charge on any atom is 0.118 e. The lowest BCUT2D eigenvalue weighted by Gasteiger charge is -2.03. The maximum absolute atomic E-state index is 5.05. The molecule has 0 aliphatic rings. The first-order valence-corrected chi connectivity index (χ1v) is 4.77. The minimum absolute atomic E-state index is 0.408. The van der Waals surface area contributed by atoms with Crippen molar-refractivity contribution >= 4 is 15.9 Å². The Morgan fingerprint density at radius 1 is 1.33 bits per heavy atom. The van der Waals surface area contributed by atoms with Crippen molar-refractivity contribution in [2.45, 2.75) is 11.8 Å². The Kier molecular flexibility index (Phi) is 3.60. The number of halogens is 1. The summed E-state index contributed by atoms with van der Waals surface area (Å²) < 4.78 is 5.05. The van der Waals surface area contributed by atoms with Crippen LogP contribution in [0.1, 0.15) is 12.5 Å². The average molecular weight is 228 g/mol. The van der Waals surface area contributed by atoms with Gasteiger partial charge in [0.2, 0.25) is 0 Å². The minimum Gasteiger partial charge on any atom is -0.497 e. The van der Waals surface area contributed by atoms with E-state index in [1.807, 2.05) is 24.3 Å². The van der Waals surface area contributed by atoms with E-state index in [1.54, 1.807) is 7.11 Å². The Balaban J connectivity index is 2.65. The van der Waals surface area contributed by atoms with Gasteiger partial charge in [0.25, 0.3) is 0 Å². The molecule has 1 nitrogen and oxygen atoms in total. The first-order valence-electron chi connectivity index (χ1n) is 3.85. The quantitative estimate of drug-likeness (QED) is 0.722. The molecule has 0 aromatic heterocycles. The zero-order chi connectivity index (χ0) is 8.97. The third-order valence-corrected chi connectivity index (χ3v) is 1.80. The summed E-state index contributed by atoms with van der Waals surface area (Å²) in [4.78, 5) is 0.408. The lowest BCUT2D eigenvalue weighted by Crippen LogP contribution is -1.92. The lowest BCUT2D eigenvalue weighted by atomic mass is 10.1. The number of benzene rings is 1. The van der Waals surface area contributed by atoms with Crippen LogP contribution in [0.5, 0.6) is 5.75 Å². The molecule has 1 rings (SSSR count). The highest BCUT2D eigenvalue weighted by Crippen LogP contribution is 2.15. The summed E-state index contributed by atoms with van der Waals surface area (Å²) in [7, 11) is 1.67. The minimum atomic E-state index is 0.408. The highest BCUT2D eigenvalue weighted by atomic mass is 79.9. The number of alkyl halides is 1. The molecule has 0 amide bonds. The van der Waals surface area contributed by atoms with E-state index in [2.05, 4.69) is 29.3 Å². The van der Waals surface area contributed by atoms with Crippen LogP contribution >= 0.6 is 15.9 Å². The maximum atomic E-state index is 5.05. The fraction of sp³-hybridized carbons (Fsp3) is 0.300. The molecular weight excluding hydrogens is 216 g/mol. The van der Waals surface area contributed by atoms with Crippen molar-refractivity contribution < 1.29 is 4.74 Å². The summed E-state index contributed by atoms with van der Waals surface area (Å²) in [6, 6.07) is 8.00. The summed E-state index contributed by atoms with van der Waals surface area (Å²) in [5.74, 6) is 0.898. The lowest BCUT2D eigenvalue weighted by molar-refractivity contribution is 0.414. The molecule has 1 aromatic carbocycles. The van der Waals surface area contributed by atoms with Crippen LogP contribution in [-0.4, -0.2) is 11.9 Å². The molecule has 0 bridgehead atoms. The van der Waals surface area contributed by atoms with Gasteiger partial charge in [-0.05, 0) is 17.7 Å². The Labute approximate surface area is 81.9 Å². The van der Waals surface area contributed by atoms with Crippen LogP contribution in [-0.2, 0) is 0 Å². The molecule has 0 aliphatic heterocycles. The molecule has 65 valence electrons. The van der Waals surface area contributed by atoms with Crippen LogP contribution in [0.25, 0.3) is 0 Å². The SMILES string of the molecule is COc1ccc([CH]C(C)Br)cc1. The molecule has 0 aliphatic carbocycles. The van der Waals surface area contributed by atoms with Gasteiger partial charge < -0.3 is 4.74 Å². The van der Waals surface area contributed by atoms with E-state index >= 15 is 0 Å². The molecule has 1 aromatic rings. The van der Waals surface area contributed by atoms with E-state index in [1.165, 1.54) is 5.56 Å². The van der Waals surface area contributed by atoms with Crippen LogP contribution in [0.2, 0.25) is 0 Å². The highest BCUT2D eigenvalue weighted by Gasteiger charge is 1.98. The summed E-state index contributed by atoms with van der Waals surface area (Å²) in [5, 5.41) is 0. The van der Waals surface area contributed by atoms with Gasteiger partial charge in [-0.2, -0.15) is 0 Å². The van der Waals surface area contributed by atoms with Gasteiger partial charge in [0.1, 0.15) is 5.75 Å². The zero-order valence-electron chi connectivity index (χ0n) is 7.25. The van der Waals surface area contributed by atoms with Gasteiger partial charge >= 0.3 is 0 Å². The van der Waals surface area contributed by atoms with Crippen molar-refractivity contribution in [3.63, 3.8) is 0 Å². The van der Waals surface area contributed by atoms with Crippen molar-refractivity contribution in [3.8, 4) is 5.75 Å². The van der Waals surface area contributed by atoms with Gasteiger partial charge in [-0.1, -0.05) is 35.0 Å². The summed E-state index contributed by atoms with van der Waals surface area (Å²) >= 11 is 3.46. The second-order valence-electron chi connectivity index (χ2n) is 2.62. The van der Waals surface area contributed by atoms with Gasteiger partial charge in [-0.15, -0.1) is 0 Å². The van der Waals surface area contributed by atoms with Crippen LogP contribution in [0, 0.1) is 6.42 Å². The van der Waals surface area contributed by atoms with Crippen molar-refractivity contribution in [1.82, 2.24) is 0 Å². The van der Waals surface area contributed by atoms with Gasteiger partial charge in [0, 0.05) is 11.2 Å². The summed E-state index contributed by atoms with van der Waals surface area (Å²) in [6.07, 6.45) is 2.14. The standard InChI is InChI=1S/C10H12BrO/c1-8(11)7-9-3-5-10(12-2)6-4-9/h3-8H,1-2H3. The van der Waals surface area contributed by atoms with E-state index in [0.717, 1.165) is 5.75 Å². The van der Waals surface area contributed by atoms with Gasteiger partial charge in [-0.25, -0.2) is 0 Å². The number of hydrogen-bond donors (Lipinski definition) is 0. The topological polar surface area (TPSA) is 9.23 Å². The molecule has 0 saturated heterocycles. The Bertz CT molecular complexity index is 228. The third kappa shape index (κ3) is 2.86. The number of methoxy groups -OCH3 is 1. The molecule has 12 heavy (non-hydrogen) atoms. The largest absolute Gasteiger partial charge is 0.497 e. The van der Waals surface area contributed by atoms with E-state index in [0.29, 0.717) is 4.83 Å². The fourth-order valence-corrected chi connectivity index (χ4v) is 1.29. The van der Waals surface area contributed by atoms with Gasteiger partial charge in [-0.3, -0.25) is 0 Å². The second-order valence-corrected chi connectivity index (χ2v) is 4.06. The van der Waals surface area contributed by atoms with Crippen molar-refractivity contribution in [2.24, 2.45) is 0 Å². The molecule has 1 radical (unpaired) electrons. The molecule has 1 unspecified atom stereocenters. The van der Waals surface area contributed by atoms with Gasteiger partial charge in [0.15, 0.2) is 0 Å². The molecule has 0 heterocycles. The number of ether oxygens (including phenoxy) is 1. The predicted molar refractivity (Wildman–Crippen MR) is 54.8 cm³/mol. The molecule has 2 heteroatoms. The predicted octanol–water partition coefficient (Wildman–Crippen LogP) is 3.03. The molecule has 0 saturated carbocycles. The summed E-state index contributed by atoms with van der Waals surface area (Å²) in [5.41, 5.74) is 1.21. The molecule has 1 atom stereocenters. The van der Waals surface area contributed by atoms with Crippen LogP contribution in [0.3, 0.4) is 0 Å². The third-order valence-electron chi connectivity index (χ3n) is 1.54. The average Bonchev–Trinajstić information content (AvgIpc) is 2.05. The van der Waals surface area contributed by atoms with E-state index < -0.39 is 0 Å². The monoisotopic (exact) mass is 227 g/mol. The molecule has 0 spiro atoms. The first-order chi connectivity index (χ1) is 5.72. The van der Waals surface area contributed by atoms with E-state index in [-0.39, 0.29) is 0 Å². The Morgan fingerprint density at radius 3 is 2.33 bits per heavy atom. The smallest absolute Gasteiger partial charge is 0.118 e. The van der Waals surface area contributed by atoms with Crippen LogP contribution in [0.4, 0.5) is 0 Å². The Morgan fingerprint density at radius 2 is 1.92 bits per heavy atom. The second kappa shape index (κ2) is 4.51. The van der Waals surface area contributed by atoms with E-state index in [9.17, 15) is 0 Å². The van der Waals surface area contributed by atoms with Crippen LogP contribution in [0.15, 0.2) is 24.3 Å². The number of rotatable bonds is 3. The number of hydrogen-bond acceptors (Lipinski definition) is 1. The first kappa shape index (κ1) is 9.59. The fourth-order valence-electron chi connectivity index (χ4n) is 0.980. The van der Waals surface area contributed by atoms with Crippen molar-refractivity contribution in [2.75, 3.05) is 7.11 Å². The van der Waals surface area contributed by atoms with Gasteiger partial charge in [0.05, 0.1) is 7.11 Å². The Hall–Kier alpha value is -0.500. The zero-order valence-corrected chi connectivity index (χ0v) is 8.84. The van der Waals surface area contributed by atoms with Crippen LogP contribution < -0.4 is 4.74 Å². The molecule has 0 N–H and O–H groups in total. The van der Waals surface area contributed by atoms with E-state index in [4.69, 9.17) is 4.74 Å².